The molecule has 1 fully saturated rings. The van der Waals surface area contributed by atoms with Crippen molar-refractivity contribution in [1.29, 1.82) is 0 Å². The number of carbonyl (C=O) groups is 1. The molecule has 0 bridgehead atoms. The predicted molar refractivity (Wildman–Crippen MR) is 43.8 cm³/mol. The summed E-state index contributed by atoms with van der Waals surface area (Å²) in [5.74, 6) is 1.55. The second kappa shape index (κ2) is 3.52. The molecule has 52 valence electrons. The predicted octanol–water partition coefficient (Wildman–Crippen LogP) is 2.12. The van der Waals surface area contributed by atoms with Crippen molar-refractivity contribution in [2.45, 2.75) is 25.0 Å². The van der Waals surface area contributed by atoms with Gasteiger partial charge in [0.05, 0.1) is 0 Å². The average Bonchev–Trinajstić information content (AvgIpc) is 2.15. The van der Waals surface area contributed by atoms with Crippen molar-refractivity contribution in [2.75, 3.05) is 5.75 Å². The summed E-state index contributed by atoms with van der Waals surface area (Å²) < 4.78 is 0. The lowest BCUT2D eigenvalue weighted by Crippen LogP contribution is -2.03. The van der Waals surface area contributed by atoms with Gasteiger partial charge in [-0.1, -0.05) is 21.6 Å². The molecule has 1 unspecified atom stereocenters. The summed E-state index contributed by atoms with van der Waals surface area (Å²) in [6.45, 7) is 1.67. The maximum atomic E-state index is 10.6. The summed E-state index contributed by atoms with van der Waals surface area (Å²) in [6, 6.07) is 0. The molecular formula is C6H10OS2. The van der Waals surface area contributed by atoms with E-state index < -0.39 is 0 Å². The molecular weight excluding hydrogens is 152 g/mol. The van der Waals surface area contributed by atoms with Crippen LogP contribution in [-0.2, 0) is 4.79 Å². The SMILES string of the molecule is CC(=O)CC1CCSS1. The van der Waals surface area contributed by atoms with Gasteiger partial charge in [0.25, 0.3) is 0 Å². The lowest BCUT2D eigenvalue weighted by atomic mass is 10.2. The molecule has 0 spiro atoms. The van der Waals surface area contributed by atoms with Crippen LogP contribution in [0, 0.1) is 0 Å². The monoisotopic (exact) mass is 162 g/mol. The van der Waals surface area contributed by atoms with Crippen molar-refractivity contribution < 1.29 is 4.79 Å². The van der Waals surface area contributed by atoms with Crippen LogP contribution in [0.3, 0.4) is 0 Å². The first kappa shape index (κ1) is 7.48. The van der Waals surface area contributed by atoms with Crippen molar-refractivity contribution in [1.82, 2.24) is 0 Å². The minimum absolute atomic E-state index is 0.329. The van der Waals surface area contributed by atoms with Gasteiger partial charge in [-0.25, -0.2) is 0 Å². The molecule has 1 heterocycles. The number of Topliss-reactive ketones (excluding diaryl/α,β-unsaturated/α-hetero) is 1. The highest BCUT2D eigenvalue weighted by Crippen LogP contribution is 2.39. The summed E-state index contributed by atoms with van der Waals surface area (Å²) in [6.07, 6.45) is 1.99. The molecule has 1 atom stereocenters. The molecule has 0 aromatic rings. The van der Waals surface area contributed by atoms with E-state index in [1.807, 2.05) is 21.6 Å². The van der Waals surface area contributed by atoms with Crippen molar-refractivity contribution >= 4 is 27.4 Å². The Morgan fingerprint density at radius 3 is 3.00 bits per heavy atom. The van der Waals surface area contributed by atoms with Crippen LogP contribution in [-0.4, -0.2) is 16.8 Å². The van der Waals surface area contributed by atoms with Gasteiger partial charge in [-0.05, 0) is 13.3 Å². The average molecular weight is 162 g/mol. The Balaban J connectivity index is 2.19. The van der Waals surface area contributed by atoms with Crippen LogP contribution < -0.4 is 0 Å². The van der Waals surface area contributed by atoms with E-state index in [-0.39, 0.29) is 0 Å². The van der Waals surface area contributed by atoms with E-state index in [2.05, 4.69) is 0 Å². The molecule has 1 rings (SSSR count). The summed E-state index contributed by atoms with van der Waals surface area (Å²) in [7, 11) is 3.76. The summed E-state index contributed by atoms with van der Waals surface area (Å²) in [5.41, 5.74) is 0. The fraction of sp³-hybridized carbons (Fsp3) is 0.833. The Hall–Kier alpha value is 0.370. The van der Waals surface area contributed by atoms with Crippen LogP contribution >= 0.6 is 21.6 Å². The second-order valence-electron chi connectivity index (χ2n) is 2.24. The molecule has 9 heavy (non-hydrogen) atoms. The van der Waals surface area contributed by atoms with E-state index in [9.17, 15) is 4.79 Å². The van der Waals surface area contributed by atoms with Crippen LogP contribution in [0.2, 0.25) is 0 Å². The third-order valence-corrected chi connectivity index (χ3v) is 4.18. The van der Waals surface area contributed by atoms with Crippen LogP contribution in [0.15, 0.2) is 0 Å². The first-order valence-corrected chi connectivity index (χ1v) is 5.45. The first-order valence-electron chi connectivity index (χ1n) is 3.07. The number of carbonyl (C=O) groups excluding carboxylic acids is 1. The highest BCUT2D eigenvalue weighted by atomic mass is 33.1. The zero-order valence-electron chi connectivity index (χ0n) is 5.42. The van der Waals surface area contributed by atoms with Crippen LogP contribution in [0.5, 0.6) is 0 Å². The normalized spacial score (nSPS) is 26.6. The summed E-state index contributed by atoms with van der Waals surface area (Å²) >= 11 is 0. The minimum Gasteiger partial charge on any atom is -0.300 e. The Morgan fingerprint density at radius 1 is 1.78 bits per heavy atom. The molecule has 0 aromatic heterocycles. The Labute approximate surface area is 63.4 Å². The van der Waals surface area contributed by atoms with Gasteiger partial charge in [-0.2, -0.15) is 0 Å². The fourth-order valence-corrected chi connectivity index (χ4v) is 3.81. The van der Waals surface area contributed by atoms with Gasteiger partial charge in [0.2, 0.25) is 0 Å². The van der Waals surface area contributed by atoms with E-state index in [0.29, 0.717) is 11.0 Å². The van der Waals surface area contributed by atoms with Gasteiger partial charge in [0.15, 0.2) is 0 Å². The largest absolute Gasteiger partial charge is 0.300 e. The van der Waals surface area contributed by atoms with Crippen LogP contribution in [0.1, 0.15) is 19.8 Å². The maximum Gasteiger partial charge on any atom is 0.130 e. The van der Waals surface area contributed by atoms with Crippen molar-refractivity contribution in [2.24, 2.45) is 0 Å². The standard InChI is InChI=1S/C6H10OS2/c1-5(7)4-6-2-3-8-9-6/h6H,2-4H2,1H3. The smallest absolute Gasteiger partial charge is 0.130 e. The molecule has 0 saturated carbocycles. The molecule has 0 aliphatic carbocycles. The molecule has 1 saturated heterocycles. The number of hydrogen-bond donors (Lipinski definition) is 0. The second-order valence-corrected chi connectivity index (χ2v) is 5.02. The highest BCUT2D eigenvalue weighted by molar-refractivity contribution is 8.77. The first-order chi connectivity index (χ1) is 4.29. The van der Waals surface area contributed by atoms with E-state index in [0.717, 1.165) is 6.42 Å². The topological polar surface area (TPSA) is 17.1 Å². The van der Waals surface area contributed by atoms with Gasteiger partial charge in [-0.3, -0.25) is 4.79 Å². The number of rotatable bonds is 2. The molecule has 1 aliphatic heterocycles. The van der Waals surface area contributed by atoms with Crippen molar-refractivity contribution in [3.05, 3.63) is 0 Å². The molecule has 1 nitrogen and oxygen atoms in total. The molecule has 0 radical (unpaired) electrons. The van der Waals surface area contributed by atoms with Crippen LogP contribution in [0.4, 0.5) is 0 Å². The van der Waals surface area contributed by atoms with Crippen LogP contribution in [0.25, 0.3) is 0 Å². The highest BCUT2D eigenvalue weighted by Gasteiger charge is 2.17. The van der Waals surface area contributed by atoms with E-state index in [1.165, 1.54) is 12.2 Å². The quantitative estimate of drug-likeness (QED) is 0.579. The van der Waals surface area contributed by atoms with E-state index in [4.69, 9.17) is 0 Å². The fourth-order valence-electron chi connectivity index (χ4n) is 0.829. The maximum absolute atomic E-state index is 10.6. The number of ketones is 1. The molecule has 3 heteroatoms. The Morgan fingerprint density at radius 2 is 2.56 bits per heavy atom. The molecule has 1 aliphatic rings. The molecule has 0 N–H and O–H groups in total. The van der Waals surface area contributed by atoms with Gasteiger partial charge < -0.3 is 0 Å². The zero-order chi connectivity index (χ0) is 6.69. The van der Waals surface area contributed by atoms with E-state index >= 15 is 0 Å². The van der Waals surface area contributed by atoms with Crippen molar-refractivity contribution in [3.8, 4) is 0 Å². The third kappa shape index (κ3) is 2.63. The van der Waals surface area contributed by atoms with E-state index in [1.54, 1.807) is 6.92 Å². The summed E-state index contributed by atoms with van der Waals surface area (Å²) in [4.78, 5) is 10.6. The van der Waals surface area contributed by atoms with Gasteiger partial charge in [0, 0.05) is 17.4 Å². The Kier molecular flexibility index (Phi) is 2.92. The number of hydrogen-bond acceptors (Lipinski definition) is 3. The Bertz CT molecular complexity index is 108. The lowest BCUT2D eigenvalue weighted by Gasteiger charge is -2.00. The van der Waals surface area contributed by atoms with Gasteiger partial charge in [0.1, 0.15) is 5.78 Å². The van der Waals surface area contributed by atoms with Gasteiger partial charge in [-0.15, -0.1) is 0 Å². The zero-order valence-corrected chi connectivity index (χ0v) is 7.06. The minimum atomic E-state index is 0.329. The van der Waals surface area contributed by atoms with Gasteiger partial charge >= 0.3 is 0 Å². The third-order valence-electron chi connectivity index (χ3n) is 1.24. The van der Waals surface area contributed by atoms with Crippen molar-refractivity contribution in [3.63, 3.8) is 0 Å². The lowest BCUT2D eigenvalue weighted by molar-refractivity contribution is -0.116. The molecule has 0 amide bonds. The summed E-state index contributed by atoms with van der Waals surface area (Å²) in [5, 5.41) is 0.618. The molecule has 0 aromatic carbocycles.